The van der Waals surface area contributed by atoms with Crippen molar-refractivity contribution in [1.82, 2.24) is 10.2 Å². The lowest BCUT2D eigenvalue weighted by Crippen LogP contribution is -2.35. The molecule has 0 saturated heterocycles. The molecule has 5 heteroatoms. The Hall–Kier alpha value is -1.33. The second kappa shape index (κ2) is 5.67. The lowest BCUT2D eigenvalue weighted by Gasteiger charge is -2.19. The van der Waals surface area contributed by atoms with E-state index in [-0.39, 0.29) is 5.56 Å². The molecule has 0 spiro atoms. The van der Waals surface area contributed by atoms with Gasteiger partial charge in [-0.2, -0.15) is 0 Å². The summed E-state index contributed by atoms with van der Waals surface area (Å²) < 4.78 is 5.11. The lowest BCUT2D eigenvalue weighted by atomic mass is 10.2. The largest absolute Gasteiger partial charge is 0.478 e. The summed E-state index contributed by atoms with van der Waals surface area (Å²) in [7, 11) is 4.00. The fourth-order valence-electron chi connectivity index (χ4n) is 1.25. The first kappa shape index (κ1) is 12.7. The van der Waals surface area contributed by atoms with Crippen molar-refractivity contribution in [3.05, 3.63) is 23.7 Å². The Morgan fingerprint density at radius 3 is 2.88 bits per heavy atom. The zero-order valence-corrected chi connectivity index (χ0v) is 9.86. The number of carboxylic acids is 1. The zero-order chi connectivity index (χ0) is 12.1. The van der Waals surface area contributed by atoms with E-state index in [2.05, 4.69) is 17.1 Å². The molecule has 0 aliphatic rings. The molecule has 0 fully saturated rings. The van der Waals surface area contributed by atoms with Crippen LogP contribution in [0.3, 0.4) is 0 Å². The smallest absolute Gasteiger partial charge is 0.339 e. The molecular weight excluding hydrogens is 208 g/mol. The van der Waals surface area contributed by atoms with Crippen LogP contribution in [0, 0.1) is 0 Å². The number of nitrogens with zero attached hydrogens (tertiary/aromatic N) is 1. The third-order valence-electron chi connectivity index (χ3n) is 2.58. The van der Waals surface area contributed by atoms with E-state index in [9.17, 15) is 4.79 Å². The quantitative estimate of drug-likeness (QED) is 0.758. The number of carbonyl (C=O) groups is 1. The maximum atomic E-state index is 10.8. The molecule has 0 bridgehead atoms. The molecule has 2 N–H and O–H groups in total. The molecule has 0 amide bonds. The van der Waals surface area contributed by atoms with Crippen LogP contribution in [-0.2, 0) is 6.54 Å². The Kier molecular flexibility index (Phi) is 4.52. The number of likely N-dealkylation sites (N-methyl/N-ethyl adjacent to an activating group) is 1. The molecule has 16 heavy (non-hydrogen) atoms. The van der Waals surface area contributed by atoms with Crippen LogP contribution in [0.15, 0.2) is 16.7 Å². The van der Waals surface area contributed by atoms with Gasteiger partial charge in [-0.3, -0.25) is 0 Å². The second-order valence-corrected chi connectivity index (χ2v) is 4.01. The van der Waals surface area contributed by atoms with Gasteiger partial charge in [0.1, 0.15) is 11.3 Å². The highest BCUT2D eigenvalue weighted by Crippen LogP contribution is 2.09. The van der Waals surface area contributed by atoms with Crippen molar-refractivity contribution in [3.63, 3.8) is 0 Å². The van der Waals surface area contributed by atoms with Gasteiger partial charge < -0.3 is 19.7 Å². The van der Waals surface area contributed by atoms with Gasteiger partial charge in [-0.25, -0.2) is 4.79 Å². The SMILES string of the molecule is CC(CNCc1occc1C(=O)O)N(C)C. The third kappa shape index (κ3) is 3.36. The molecule has 1 rings (SSSR count). The Bertz CT molecular complexity index is 347. The molecule has 1 unspecified atom stereocenters. The van der Waals surface area contributed by atoms with Crippen molar-refractivity contribution in [1.29, 1.82) is 0 Å². The van der Waals surface area contributed by atoms with Crippen LogP contribution < -0.4 is 5.32 Å². The van der Waals surface area contributed by atoms with E-state index in [1.54, 1.807) is 0 Å². The van der Waals surface area contributed by atoms with Gasteiger partial charge in [0, 0.05) is 12.6 Å². The summed E-state index contributed by atoms with van der Waals surface area (Å²) in [5, 5.41) is 12.0. The van der Waals surface area contributed by atoms with Crippen LogP contribution in [0.2, 0.25) is 0 Å². The summed E-state index contributed by atoms with van der Waals surface area (Å²) in [6, 6.07) is 1.86. The molecule has 0 aliphatic carbocycles. The number of hydrogen-bond donors (Lipinski definition) is 2. The highest BCUT2D eigenvalue weighted by molar-refractivity contribution is 5.88. The van der Waals surface area contributed by atoms with Crippen molar-refractivity contribution >= 4 is 5.97 Å². The van der Waals surface area contributed by atoms with E-state index in [0.717, 1.165) is 6.54 Å². The number of rotatable bonds is 6. The first-order chi connectivity index (χ1) is 7.52. The summed E-state index contributed by atoms with van der Waals surface area (Å²) in [6.45, 7) is 3.31. The van der Waals surface area contributed by atoms with E-state index in [4.69, 9.17) is 9.52 Å². The fourth-order valence-corrected chi connectivity index (χ4v) is 1.25. The number of carboxylic acid groups (broad SMARTS) is 1. The Morgan fingerprint density at radius 2 is 2.31 bits per heavy atom. The molecule has 1 atom stereocenters. The predicted molar refractivity (Wildman–Crippen MR) is 60.5 cm³/mol. The van der Waals surface area contributed by atoms with Gasteiger partial charge in [0.15, 0.2) is 0 Å². The topological polar surface area (TPSA) is 65.7 Å². The van der Waals surface area contributed by atoms with Gasteiger partial charge in [-0.05, 0) is 27.1 Å². The van der Waals surface area contributed by atoms with E-state index in [0.29, 0.717) is 18.3 Å². The third-order valence-corrected chi connectivity index (χ3v) is 2.58. The van der Waals surface area contributed by atoms with Crippen LogP contribution in [-0.4, -0.2) is 42.7 Å². The van der Waals surface area contributed by atoms with Crippen molar-refractivity contribution in [2.24, 2.45) is 0 Å². The van der Waals surface area contributed by atoms with Crippen LogP contribution in [0.25, 0.3) is 0 Å². The van der Waals surface area contributed by atoms with Crippen LogP contribution >= 0.6 is 0 Å². The first-order valence-corrected chi connectivity index (χ1v) is 5.19. The maximum Gasteiger partial charge on any atom is 0.339 e. The molecule has 0 saturated carbocycles. The average molecular weight is 226 g/mol. The molecule has 0 aromatic carbocycles. The molecule has 0 aliphatic heterocycles. The van der Waals surface area contributed by atoms with E-state index in [1.165, 1.54) is 12.3 Å². The van der Waals surface area contributed by atoms with E-state index >= 15 is 0 Å². The molecular formula is C11H18N2O3. The Morgan fingerprint density at radius 1 is 1.62 bits per heavy atom. The summed E-state index contributed by atoms with van der Waals surface area (Å²) in [5.41, 5.74) is 0.227. The van der Waals surface area contributed by atoms with Crippen molar-refractivity contribution < 1.29 is 14.3 Å². The normalized spacial score (nSPS) is 13.0. The van der Waals surface area contributed by atoms with Crippen molar-refractivity contribution in [2.75, 3.05) is 20.6 Å². The lowest BCUT2D eigenvalue weighted by molar-refractivity contribution is 0.0694. The first-order valence-electron chi connectivity index (χ1n) is 5.19. The molecule has 1 aromatic heterocycles. The molecule has 1 heterocycles. The highest BCUT2D eigenvalue weighted by atomic mass is 16.4. The van der Waals surface area contributed by atoms with Gasteiger partial charge in [0.05, 0.1) is 12.8 Å². The van der Waals surface area contributed by atoms with Gasteiger partial charge in [-0.1, -0.05) is 0 Å². The zero-order valence-electron chi connectivity index (χ0n) is 9.86. The number of aromatic carboxylic acids is 1. The number of nitrogens with one attached hydrogen (secondary N) is 1. The maximum absolute atomic E-state index is 10.8. The average Bonchev–Trinajstić information content (AvgIpc) is 2.65. The fraction of sp³-hybridized carbons (Fsp3) is 0.545. The van der Waals surface area contributed by atoms with Crippen molar-refractivity contribution in [2.45, 2.75) is 19.5 Å². The van der Waals surface area contributed by atoms with Gasteiger partial charge in [0.25, 0.3) is 0 Å². The minimum absolute atomic E-state index is 0.227. The van der Waals surface area contributed by atoms with Crippen LogP contribution in [0.1, 0.15) is 23.0 Å². The van der Waals surface area contributed by atoms with Gasteiger partial charge >= 0.3 is 5.97 Å². The Balaban J connectivity index is 2.43. The monoisotopic (exact) mass is 226 g/mol. The predicted octanol–water partition coefficient (Wildman–Crippen LogP) is 1.02. The summed E-state index contributed by atoms with van der Waals surface area (Å²) >= 11 is 0. The standard InChI is InChI=1S/C11H18N2O3/c1-8(13(2)3)6-12-7-10-9(11(14)15)4-5-16-10/h4-5,8,12H,6-7H2,1-3H3,(H,14,15). The molecule has 90 valence electrons. The van der Waals surface area contributed by atoms with Gasteiger partial charge in [0.2, 0.25) is 0 Å². The number of hydrogen-bond acceptors (Lipinski definition) is 4. The second-order valence-electron chi connectivity index (χ2n) is 4.01. The van der Waals surface area contributed by atoms with Crippen LogP contribution in [0.5, 0.6) is 0 Å². The summed E-state index contributed by atoms with van der Waals surface area (Å²) in [6.07, 6.45) is 1.40. The van der Waals surface area contributed by atoms with Gasteiger partial charge in [-0.15, -0.1) is 0 Å². The summed E-state index contributed by atoms with van der Waals surface area (Å²) in [5.74, 6) is -0.482. The molecule has 0 radical (unpaired) electrons. The minimum atomic E-state index is -0.953. The van der Waals surface area contributed by atoms with Crippen molar-refractivity contribution in [3.8, 4) is 0 Å². The minimum Gasteiger partial charge on any atom is -0.478 e. The van der Waals surface area contributed by atoms with E-state index in [1.807, 2.05) is 14.1 Å². The number of furan rings is 1. The highest BCUT2D eigenvalue weighted by Gasteiger charge is 2.13. The van der Waals surface area contributed by atoms with Crippen LogP contribution in [0.4, 0.5) is 0 Å². The molecule has 1 aromatic rings. The Labute approximate surface area is 95.0 Å². The summed E-state index contributed by atoms with van der Waals surface area (Å²) in [4.78, 5) is 12.9. The molecule has 5 nitrogen and oxygen atoms in total. The van der Waals surface area contributed by atoms with E-state index < -0.39 is 5.97 Å².